The van der Waals surface area contributed by atoms with E-state index in [0.29, 0.717) is 6.54 Å². The molecule has 1 amide bonds. The first-order chi connectivity index (χ1) is 12.0. The van der Waals surface area contributed by atoms with Crippen LogP contribution in [0.5, 0.6) is 0 Å². The summed E-state index contributed by atoms with van der Waals surface area (Å²) in [6.07, 6.45) is 0.878. The Kier molecular flexibility index (Phi) is 5.09. The minimum atomic E-state index is -0.0157. The second-order valence-electron chi connectivity index (χ2n) is 6.55. The molecule has 3 nitrogen and oxygen atoms in total. The number of H-pyrrole nitrogens is 1. The molecule has 2 heterocycles. The maximum absolute atomic E-state index is 12.5. The van der Waals surface area contributed by atoms with Crippen molar-refractivity contribution in [1.29, 1.82) is 0 Å². The van der Waals surface area contributed by atoms with Crippen molar-refractivity contribution < 1.29 is 4.79 Å². The fourth-order valence-corrected chi connectivity index (χ4v) is 3.81. The summed E-state index contributed by atoms with van der Waals surface area (Å²) in [4.78, 5) is 17.2. The summed E-state index contributed by atoms with van der Waals surface area (Å²) in [5, 5.41) is 5.13. The van der Waals surface area contributed by atoms with Gasteiger partial charge in [0.1, 0.15) is 0 Å². The van der Waals surface area contributed by atoms with Crippen LogP contribution in [0.3, 0.4) is 0 Å². The molecule has 3 aromatic rings. The summed E-state index contributed by atoms with van der Waals surface area (Å²) < 4.78 is 0. The van der Waals surface area contributed by atoms with Crippen LogP contribution >= 0.6 is 11.3 Å². The maximum Gasteiger partial charge on any atom is 0.253 e. The molecule has 130 valence electrons. The molecule has 3 rings (SSSR count). The number of aromatic amines is 1. The molecule has 0 saturated heterocycles. The van der Waals surface area contributed by atoms with Crippen LogP contribution in [0.25, 0.3) is 11.3 Å². The topological polar surface area (TPSA) is 44.9 Å². The van der Waals surface area contributed by atoms with Gasteiger partial charge in [-0.25, -0.2) is 0 Å². The number of amides is 1. The molecular weight excluding hydrogens is 328 g/mol. The first kappa shape index (κ1) is 17.5. The highest BCUT2D eigenvalue weighted by Gasteiger charge is 2.14. The molecule has 0 saturated carbocycles. The molecule has 0 aliphatic rings. The summed E-state index contributed by atoms with van der Waals surface area (Å²) in [5.41, 5.74) is 7.54. The van der Waals surface area contributed by atoms with Crippen LogP contribution < -0.4 is 5.32 Å². The Morgan fingerprint density at radius 2 is 1.84 bits per heavy atom. The van der Waals surface area contributed by atoms with E-state index in [9.17, 15) is 4.79 Å². The van der Waals surface area contributed by atoms with Crippen molar-refractivity contribution in [3.8, 4) is 11.3 Å². The monoisotopic (exact) mass is 352 g/mol. The lowest BCUT2D eigenvalue weighted by Gasteiger charge is -2.04. The molecule has 25 heavy (non-hydrogen) atoms. The molecule has 0 bridgehead atoms. The van der Waals surface area contributed by atoms with Gasteiger partial charge in [-0.05, 0) is 79.9 Å². The average Bonchev–Trinajstić information content (AvgIpc) is 3.16. The Hall–Kier alpha value is -2.33. The molecule has 0 unspecified atom stereocenters. The van der Waals surface area contributed by atoms with Crippen molar-refractivity contribution in [2.45, 2.75) is 34.1 Å². The summed E-state index contributed by atoms with van der Waals surface area (Å²) >= 11 is 1.75. The molecule has 1 aromatic carbocycles. The second kappa shape index (κ2) is 7.28. The van der Waals surface area contributed by atoms with Gasteiger partial charge in [-0.15, -0.1) is 11.3 Å². The van der Waals surface area contributed by atoms with Gasteiger partial charge in [-0.2, -0.15) is 0 Å². The average molecular weight is 353 g/mol. The van der Waals surface area contributed by atoms with Gasteiger partial charge in [0, 0.05) is 22.8 Å². The zero-order valence-corrected chi connectivity index (χ0v) is 16.0. The normalized spacial score (nSPS) is 10.9. The lowest BCUT2D eigenvalue weighted by Crippen LogP contribution is -2.25. The Bertz CT molecular complexity index is 905. The fraction of sp³-hybridized carbons (Fsp3) is 0.286. The van der Waals surface area contributed by atoms with Gasteiger partial charge >= 0.3 is 0 Å². The highest BCUT2D eigenvalue weighted by atomic mass is 32.1. The first-order valence-electron chi connectivity index (χ1n) is 8.54. The Balaban J connectivity index is 1.70. The van der Waals surface area contributed by atoms with E-state index in [4.69, 9.17) is 0 Å². The third-order valence-electron chi connectivity index (χ3n) is 4.68. The van der Waals surface area contributed by atoms with Gasteiger partial charge in [0.05, 0.1) is 5.56 Å². The van der Waals surface area contributed by atoms with Crippen molar-refractivity contribution in [3.63, 3.8) is 0 Å². The smallest absolute Gasteiger partial charge is 0.253 e. The van der Waals surface area contributed by atoms with Crippen LogP contribution in [0.4, 0.5) is 0 Å². The standard InChI is InChI=1S/C21H24N2OS/c1-13-5-6-17(11-15(13)3)19-12-18(16(4)23-19)21(24)22-9-7-20-14(2)8-10-25-20/h5-6,8,10-12,23H,7,9H2,1-4H3,(H,22,24). The maximum atomic E-state index is 12.5. The first-order valence-corrected chi connectivity index (χ1v) is 9.42. The summed E-state index contributed by atoms with van der Waals surface area (Å²) in [6.45, 7) is 8.93. The molecule has 2 aromatic heterocycles. The highest BCUT2D eigenvalue weighted by Crippen LogP contribution is 2.24. The third kappa shape index (κ3) is 3.85. The fourth-order valence-electron chi connectivity index (χ4n) is 2.90. The van der Waals surface area contributed by atoms with E-state index in [-0.39, 0.29) is 5.91 Å². The van der Waals surface area contributed by atoms with Crippen molar-refractivity contribution in [2.75, 3.05) is 6.54 Å². The number of aromatic nitrogens is 1. The Morgan fingerprint density at radius 3 is 2.52 bits per heavy atom. The van der Waals surface area contributed by atoms with Crippen LogP contribution in [0, 0.1) is 27.7 Å². The van der Waals surface area contributed by atoms with Crippen LogP contribution in [0.15, 0.2) is 35.7 Å². The molecule has 0 spiro atoms. The van der Waals surface area contributed by atoms with E-state index in [2.05, 4.69) is 60.7 Å². The van der Waals surface area contributed by atoms with Crippen LogP contribution in [0.1, 0.15) is 37.6 Å². The predicted molar refractivity (Wildman–Crippen MR) is 106 cm³/mol. The number of carbonyl (C=O) groups is 1. The third-order valence-corrected chi connectivity index (χ3v) is 5.77. The van der Waals surface area contributed by atoms with Crippen LogP contribution in [0.2, 0.25) is 0 Å². The minimum Gasteiger partial charge on any atom is -0.358 e. The second-order valence-corrected chi connectivity index (χ2v) is 7.55. The number of aryl methyl sites for hydroxylation is 4. The number of benzene rings is 1. The number of nitrogens with one attached hydrogen (secondary N) is 2. The van der Waals surface area contributed by atoms with Crippen molar-refractivity contribution >= 4 is 17.2 Å². The van der Waals surface area contributed by atoms with Gasteiger partial charge in [0.15, 0.2) is 0 Å². The predicted octanol–water partition coefficient (Wildman–Crippen LogP) is 4.95. The lowest BCUT2D eigenvalue weighted by atomic mass is 10.0. The zero-order chi connectivity index (χ0) is 18.0. The van der Waals surface area contributed by atoms with Crippen molar-refractivity contribution in [3.05, 3.63) is 68.5 Å². The van der Waals surface area contributed by atoms with Crippen molar-refractivity contribution in [1.82, 2.24) is 10.3 Å². The minimum absolute atomic E-state index is 0.0157. The number of hydrogen-bond donors (Lipinski definition) is 2. The molecule has 2 N–H and O–H groups in total. The molecule has 0 aliphatic heterocycles. The van der Waals surface area contributed by atoms with Crippen molar-refractivity contribution in [2.24, 2.45) is 0 Å². The van der Waals surface area contributed by atoms with Crippen LogP contribution in [-0.4, -0.2) is 17.4 Å². The van der Waals surface area contributed by atoms with Gasteiger partial charge < -0.3 is 10.3 Å². The Morgan fingerprint density at radius 1 is 1.04 bits per heavy atom. The van der Waals surface area contributed by atoms with E-state index in [0.717, 1.165) is 28.9 Å². The molecule has 4 heteroatoms. The lowest BCUT2D eigenvalue weighted by molar-refractivity contribution is 0.0953. The summed E-state index contributed by atoms with van der Waals surface area (Å²) in [6, 6.07) is 10.4. The van der Waals surface area contributed by atoms with Gasteiger partial charge in [-0.1, -0.05) is 12.1 Å². The number of thiophene rings is 1. The summed E-state index contributed by atoms with van der Waals surface area (Å²) in [7, 11) is 0. The zero-order valence-electron chi connectivity index (χ0n) is 15.2. The molecule has 0 radical (unpaired) electrons. The van der Waals surface area contributed by atoms with E-state index in [1.165, 1.54) is 21.6 Å². The Labute approximate surface area is 153 Å². The largest absolute Gasteiger partial charge is 0.358 e. The number of hydrogen-bond acceptors (Lipinski definition) is 2. The molecular formula is C21H24N2OS. The SMILES string of the molecule is Cc1ccc(-c2cc(C(=O)NCCc3sccc3C)c(C)[nH]2)cc1C. The van der Waals surface area contributed by atoms with Gasteiger partial charge in [-0.3, -0.25) is 4.79 Å². The summed E-state index contributed by atoms with van der Waals surface area (Å²) in [5.74, 6) is -0.0157. The van der Waals surface area contributed by atoms with E-state index in [1.54, 1.807) is 11.3 Å². The van der Waals surface area contributed by atoms with E-state index >= 15 is 0 Å². The van der Waals surface area contributed by atoms with Crippen LogP contribution in [-0.2, 0) is 6.42 Å². The number of carbonyl (C=O) groups excluding carboxylic acids is 1. The molecule has 0 aliphatic carbocycles. The number of rotatable bonds is 5. The van der Waals surface area contributed by atoms with Gasteiger partial charge in [0.2, 0.25) is 0 Å². The van der Waals surface area contributed by atoms with Gasteiger partial charge in [0.25, 0.3) is 5.91 Å². The molecule has 0 atom stereocenters. The quantitative estimate of drug-likeness (QED) is 0.670. The van der Waals surface area contributed by atoms with E-state index in [1.807, 2.05) is 13.0 Å². The molecule has 0 fully saturated rings. The highest BCUT2D eigenvalue weighted by molar-refractivity contribution is 7.10. The van der Waals surface area contributed by atoms with E-state index < -0.39 is 0 Å².